The molecular formula is C23H25FN4O3. The highest BCUT2D eigenvalue weighted by atomic mass is 19.1. The maximum Gasteiger partial charge on any atom is 0.251 e. The molecule has 0 radical (unpaired) electrons. The van der Waals surface area contributed by atoms with E-state index in [9.17, 15) is 19.2 Å². The van der Waals surface area contributed by atoms with Crippen molar-refractivity contribution < 1.29 is 18.7 Å². The third kappa shape index (κ3) is 5.87. The number of nitrogens with zero attached hydrogens (tertiary/aromatic N) is 1. The van der Waals surface area contributed by atoms with Gasteiger partial charge in [0.25, 0.3) is 11.8 Å². The summed E-state index contributed by atoms with van der Waals surface area (Å²) >= 11 is 0. The van der Waals surface area contributed by atoms with E-state index in [-0.39, 0.29) is 18.2 Å². The van der Waals surface area contributed by atoms with Crippen LogP contribution in [0, 0.1) is 17.1 Å². The van der Waals surface area contributed by atoms with Crippen LogP contribution in [0.25, 0.3) is 11.1 Å². The van der Waals surface area contributed by atoms with Crippen molar-refractivity contribution in [3.63, 3.8) is 0 Å². The lowest BCUT2D eigenvalue weighted by Crippen LogP contribution is -2.46. The summed E-state index contributed by atoms with van der Waals surface area (Å²) in [6, 6.07) is 12.7. The molecule has 2 atom stereocenters. The fraction of sp³-hybridized carbons (Fsp3) is 0.348. The first-order valence-corrected chi connectivity index (χ1v) is 10.1. The smallest absolute Gasteiger partial charge is 0.251 e. The Kier molecular flexibility index (Phi) is 7.70. The van der Waals surface area contributed by atoms with E-state index >= 15 is 0 Å². The fourth-order valence-corrected chi connectivity index (χ4v) is 3.35. The Morgan fingerprint density at radius 1 is 1.26 bits per heavy atom. The Balaban J connectivity index is 1.66. The molecule has 1 heterocycles. The van der Waals surface area contributed by atoms with Gasteiger partial charge in [-0.1, -0.05) is 24.3 Å². The SMILES string of the molecule is CNC(=O)c1ccc(-c2ccc(C[C@@H](C#N)NC(=O)C3CNCCCO3)c(F)c2)cc1. The standard InChI is InChI=1S/C23H25FN4O3/c1-26-22(29)16-5-3-15(4-6-16)17-7-8-18(20(24)12-17)11-19(13-25)28-23(30)21-14-27-9-2-10-31-21/h3-8,12,19,21,27H,2,9-11,14H2,1H3,(H,26,29)(H,28,30)/t19-,21?/m0/s1. The van der Waals surface area contributed by atoms with Crippen molar-refractivity contribution in [3.8, 4) is 17.2 Å². The summed E-state index contributed by atoms with van der Waals surface area (Å²) in [6.07, 6.45) is 0.199. The second-order valence-corrected chi connectivity index (χ2v) is 7.27. The zero-order valence-corrected chi connectivity index (χ0v) is 17.3. The topological polar surface area (TPSA) is 103 Å². The zero-order valence-electron chi connectivity index (χ0n) is 17.3. The summed E-state index contributed by atoms with van der Waals surface area (Å²) in [5.41, 5.74) is 2.27. The molecule has 3 rings (SSSR count). The van der Waals surface area contributed by atoms with Crippen LogP contribution in [0.15, 0.2) is 42.5 Å². The van der Waals surface area contributed by atoms with Crippen LogP contribution in [0.2, 0.25) is 0 Å². The second kappa shape index (κ2) is 10.7. The van der Waals surface area contributed by atoms with Crippen LogP contribution in [0.3, 0.4) is 0 Å². The van der Waals surface area contributed by atoms with Gasteiger partial charge in [0.1, 0.15) is 18.0 Å². The number of nitriles is 1. The summed E-state index contributed by atoms with van der Waals surface area (Å²) in [6.45, 7) is 1.63. The van der Waals surface area contributed by atoms with Crippen molar-refractivity contribution in [3.05, 3.63) is 59.4 Å². The van der Waals surface area contributed by atoms with E-state index in [2.05, 4.69) is 16.0 Å². The molecule has 0 spiro atoms. The normalized spacial score (nSPS) is 17.1. The van der Waals surface area contributed by atoms with Gasteiger partial charge in [-0.15, -0.1) is 0 Å². The van der Waals surface area contributed by atoms with E-state index in [4.69, 9.17) is 4.74 Å². The molecule has 1 saturated heterocycles. The number of carbonyl (C=O) groups is 2. The number of halogens is 1. The minimum atomic E-state index is -0.869. The molecule has 2 aromatic rings. The van der Waals surface area contributed by atoms with Gasteiger partial charge in [-0.3, -0.25) is 9.59 Å². The number of nitrogens with one attached hydrogen (secondary N) is 3. The summed E-state index contributed by atoms with van der Waals surface area (Å²) in [7, 11) is 1.56. The highest BCUT2D eigenvalue weighted by molar-refractivity contribution is 5.94. The molecule has 0 bridgehead atoms. The molecular weight excluding hydrogens is 399 g/mol. The molecule has 162 valence electrons. The first-order chi connectivity index (χ1) is 15.0. The van der Waals surface area contributed by atoms with Crippen molar-refractivity contribution in [2.75, 3.05) is 26.7 Å². The Morgan fingerprint density at radius 2 is 2.00 bits per heavy atom. The minimum Gasteiger partial charge on any atom is -0.367 e. The lowest BCUT2D eigenvalue weighted by molar-refractivity contribution is -0.132. The van der Waals surface area contributed by atoms with Crippen LogP contribution >= 0.6 is 0 Å². The van der Waals surface area contributed by atoms with Gasteiger partial charge in [0.2, 0.25) is 0 Å². The zero-order chi connectivity index (χ0) is 22.2. The van der Waals surface area contributed by atoms with Crippen molar-refractivity contribution in [2.24, 2.45) is 0 Å². The molecule has 0 aromatic heterocycles. The van der Waals surface area contributed by atoms with Crippen LogP contribution in [-0.4, -0.2) is 50.7 Å². The van der Waals surface area contributed by atoms with E-state index < -0.39 is 18.0 Å². The molecule has 1 fully saturated rings. The molecule has 3 N–H and O–H groups in total. The van der Waals surface area contributed by atoms with Crippen LogP contribution in [0.1, 0.15) is 22.3 Å². The number of rotatable bonds is 6. The van der Waals surface area contributed by atoms with Crippen LogP contribution in [0.4, 0.5) is 4.39 Å². The van der Waals surface area contributed by atoms with Gasteiger partial charge in [0.05, 0.1) is 6.07 Å². The summed E-state index contributed by atoms with van der Waals surface area (Å²) < 4.78 is 20.2. The van der Waals surface area contributed by atoms with E-state index in [0.29, 0.717) is 29.8 Å². The number of hydrogen-bond acceptors (Lipinski definition) is 5. The molecule has 7 nitrogen and oxygen atoms in total. The molecule has 2 amide bonds. The lowest BCUT2D eigenvalue weighted by atomic mass is 9.99. The van der Waals surface area contributed by atoms with Crippen molar-refractivity contribution in [1.82, 2.24) is 16.0 Å². The Labute approximate surface area is 180 Å². The molecule has 1 aliphatic rings. The van der Waals surface area contributed by atoms with E-state index in [1.54, 1.807) is 43.4 Å². The number of ether oxygens (including phenoxy) is 1. The average molecular weight is 424 g/mol. The second-order valence-electron chi connectivity index (χ2n) is 7.27. The maximum absolute atomic E-state index is 14.7. The first kappa shape index (κ1) is 22.4. The number of amides is 2. The highest BCUT2D eigenvalue weighted by Gasteiger charge is 2.24. The minimum absolute atomic E-state index is 0.0457. The summed E-state index contributed by atoms with van der Waals surface area (Å²) in [4.78, 5) is 24.0. The third-order valence-corrected chi connectivity index (χ3v) is 5.10. The third-order valence-electron chi connectivity index (χ3n) is 5.10. The van der Waals surface area contributed by atoms with Gasteiger partial charge in [-0.25, -0.2) is 4.39 Å². The molecule has 8 heteroatoms. The quantitative estimate of drug-likeness (QED) is 0.656. The van der Waals surface area contributed by atoms with Crippen molar-refractivity contribution in [2.45, 2.75) is 25.0 Å². The Morgan fingerprint density at radius 3 is 2.68 bits per heavy atom. The van der Waals surface area contributed by atoms with Gasteiger partial charge in [-0.2, -0.15) is 5.26 Å². The van der Waals surface area contributed by atoms with Crippen LogP contribution in [-0.2, 0) is 16.0 Å². The molecule has 0 saturated carbocycles. The molecule has 2 aromatic carbocycles. The number of carbonyl (C=O) groups excluding carboxylic acids is 2. The molecule has 31 heavy (non-hydrogen) atoms. The van der Waals surface area contributed by atoms with E-state index in [1.807, 2.05) is 6.07 Å². The van der Waals surface area contributed by atoms with Crippen LogP contribution < -0.4 is 16.0 Å². The van der Waals surface area contributed by atoms with Crippen molar-refractivity contribution in [1.29, 1.82) is 5.26 Å². The largest absolute Gasteiger partial charge is 0.367 e. The van der Waals surface area contributed by atoms with Gasteiger partial charge in [0.15, 0.2) is 0 Å². The van der Waals surface area contributed by atoms with Gasteiger partial charge in [-0.05, 0) is 47.9 Å². The van der Waals surface area contributed by atoms with Crippen molar-refractivity contribution >= 4 is 11.8 Å². The summed E-state index contributed by atoms with van der Waals surface area (Å²) in [5.74, 6) is -1.04. The van der Waals surface area contributed by atoms with Gasteiger partial charge in [0, 0.05) is 32.2 Å². The monoisotopic (exact) mass is 424 g/mol. The predicted molar refractivity (Wildman–Crippen MR) is 114 cm³/mol. The van der Waals surface area contributed by atoms with Gasteiger partial charge < -0.3 is 20.7 Å². The Hall–Kier alpha value is -3.28. The highest BCUT2D eigenvalue weighted by Crippen LogP contribution is 2.23. The number of benzene rings is 2. The Bertz CT molecular complexity index is 964. The average Bonchev–Trinajstić information content (AvgIpc) is 3.09. The predicted octanol–water partition coefficient (Wildman–Crippen LogP) is 1.78. The molecule has 0 aliphatic carbocycles. The van der Waals surface area contributed by atoms with Crippen LogP contribution in [0.5, 0.6) is 0 Å². The summed E-state index contributed by atoms with van der Waals surface area (Å²) in [5, 5.41) is 17.7. The van der Waals surface area contributed by atoms with E-state index in [0.717, 1.165) is 18.5 Å². The van der Waals surface area contributed by atoms with Gasteiger partial charge >= 0.3 is 0 Å². The molecule has 1 aliphatic heterocycles. The fourth-order valence-electron chi connectivity index (χ4n) is 3.35. The maximum atomic E-state index is 14.7. The first-order valence-electron chi connectivity index (χ1n) is 10.1. The lowest BCUT2D eigenvalue weighted by Gasteiger charge is -2.18. The van der Waals surface area contributed by atoms with E-state index in [1.165, 1.54) is 6.07 Å². The molecule has 1 unspecified atom stereocenters. The number of hydrogen-bond donors (Lipinski definition) is 3.